The molecule has 2 heterocycles. The number of fused-ring (bicyclic) bond motifs is 1. The average Bonchev–Trinajstić information content (AvgIpc) is 3.32. The van der Waals surface area contributed by atoms with Crippen molar-refractivity contribution in [3.8, 4) is 11.3 Å². The Labute approximate surface area is 156 Å². The molecule has 27 heavy (non-hydrogen) atoms. The lowest BCUT2D eigenvalue weighted by atomic mass is 10.1. The van der Waals surface area contributed by atoms with Gasteiger partial charge in [-0.05, 0) is 30.3 Å². The van der Waals surface area contributed by atoms with Crippen molar-refractivity contribution >= 4 is 27.1 Å². The van der Waals surface area contributed by atoms with Crippen LogP contribution in [0.4, 0.5) is 0 Å². The Morgan fingerprint density at radius 2 is 1.74 bits per heavy atom. The number of furan rings is 1. The van der Waals surface area contributed by atoms with E-state index in [1.54, 1.807) is 54.7 Å². The van der Waals surface area contributed by atoms with E-state index in [0.717, 1.165) is 5.39 Å². The number of benzene rings is 2. The van der Waals surface area contributed by atoms with Crippen LogP contribution in [-0.4, -0.2) is 25.7 Å². The standard InChI is InChI=1S/C20H16N2O4S/c1-25-21-13-15-11-12-20(26-15)18-14-22(19-10-6-5-9-17(18)19)27(23,24)16-7-3-2-4-8-16/h2-14H,1H3. The molecule has 6 nitrogen and oxygen atoms in total. The van der Waals surface area contributed by atoms with E-state index in [1.807, 2.05) is 18.2 Å². The van der Waals surface area contributed by atoms with E-state index < -0.39 is 10.0 Å². The van der Waals surface area contributed by atoms with Gasteiger partial charge in [0.25, 0.3) is 10.0 Å². The molecule has 0 aliphatic heterocycles. The molecule has 0 fully saturated rings. The zero-order valence-corrected chi connectivity index (χ0v) is 15.3. The van der Waals surface area contributed by atoms with E-state index in [1.165, 1.54) is 17.3 Å². The molecular formula is C20H16N2O4S. The molecule has 2 aromatic carbocycles. The van der Waals surface area contributed by atoms with Crippen molar-refractivity contribution in [1.82, 2.24) is 3.97 Å². The second kappa shape index (κ2) is 6.77. The molecule has 7 heteroatoms. The van der Waals surface area contributed by atoms with E-state index in [4.69, 9.17) is 4.42 Å². The van der Waals surface area contributed by atoms with Gasteiger partial charge in [0.1, 0.15) is 24.8 Å². The fourth-order valence-electron chi connectivity index (χ4n) is 2.92. The predicted molar refractivity (Wildman–Crippen MR) is 103 cm³/mol. The Morgan fingerprint density at radius 1 is 1.00 bits per heavy atom. The van der Waals surface area contributed by atoms with Gasteiger partial charge in [-0.1, -0.05) is 41.6 Å². The van der Waals surface area contributed by atoms with Gasteiger partial charge in [-0.15, -0.1) is 0 Å². The fraction of sp³-hybridized carbons (Fsp3) is 0.0500. The molecule has 0 radical (unpaired) electrons. The van der Waals surface area contributed by atoms with E-state index in [9.17, 15) is 8.42 Å². The first-order chi connectivity index (χ1) is 13.1. The first-order valence-electron chi connectivity index (χ1n) is 8.19. The van der Waals surface area contributed by atoms with Crippen LogP contribution in [0.2, 0.25) is 0 Å². The van der Waals surface area contributed by atoms with E-state index >= 15 is 0 Å². The summed E-state index contributed by atoms with van der Waals surface area (Å²) in [7, 11) is -2.28. The summed E-state index contributed by atoms with van der Waals surface area (Å²) in [6.07, 6.45) is 3.03. The molecule has 0 unspecified atom stereocenters. The Kier molecular flexibility index (Phi) is 4.29. The van der Waals surface area contributed by atoms with Crippen molar-refractivity contribution in [2.75, 3.05) is 7.11 Å². The Bertz CT molecular complexity index is 1220. The van der Waals surface area contributed by atoms with Gasteiger partial charge < -0.3 is 9.25 Å². The van der Waals surface area contributed by atoms with Crippen molar-refractivity contribution in [2.45, 2.75) is 4.90 Å². The van der Waals surface area contributed by atoms with Crippen molar-refractivity contribution in [3.05, 3.63) is 78.7 Å². The van der Waals surface area contributed by atoms with Gasteiger partial charge in [-0.25, -0.2) is 12.4 Å². The topological polar surface area (TPSA) is 73.8 Å². The quantitative estimate of drug-likeness (QED) is 0.386. The number of hydrogen-bond donors (Lipinski definition) is 0. The number of nitrogens with zero attached hydrogens (tertiary/aromatic N) is 2. The van der Waals surface area contributed by atoms with Crippen molar-refractivity contribution in [1.29, 1.82) is 0 Å². The third-order valence-corrected chi connectivity index (χ3v) is 5.84. The molecule has 4 rings (SSSR count). The molecule has 0 spiro atoms. The minimum atomic E-state index is -3.73. The maximum Gasteiger partial charge on any atom is 0.268 e. The molecule has 4 aromatic rings. The summed E-state index contributed by atoms with van der Waals surface area (Å²) < 4.78 is 33.3. The number of oxime groups is 1. The van der Waals surface area contributed by atoms with Crippen LogP contribution in [0, 0.1) is 0 Å². The lowest BCUT2D eigenvalue weighted by molar-refractivity contribution is 0.215. The van der Waals surface area contributed by atoms with Crippen LogP contribution in [-0.2, 0) is 14.9 Å². The van der Waals surface area contributed by atoms with Crippen LogP contribution in [0.1, 0.15) is 5.76 Å². The van der Waals surface area contributed by atoms with Gasteiger partial charge in [-0.2, -0.15) is 0 Å². The minimum absolute atomic E-state index is 0.227. The number of hydrogen-bond acceptors (Lipinski definition) is 5. The number of rotatable bonds is 5. The molecule has 0 aliphatic rings. The van der Waals surface area contributed by atoms with Crippen LogP contribution in [0.5, 0.6) is 0 Å². The Morgan fingerprint density at radius 3 is 2.52 bits per heavy atom. The third kappa shape index (κ3) is 3.02. The second-order valence-electron chi connectivity index (χ2n) is 5.79. The summed E-state index contributed by atoms with van der Waals surface area (Å²) in [6.45, 7) is 0. The fourth-order valence-corrected chi connectivity index (χ4v) is 4.31. The van der Waals surface area contributed by atoms with Gasteiger partial charge in [-0.3, -0.25) is 0 Å². The lowest BCUT2D eigenvalue weighted by Gasteiger charge is -2.07. The summed E-state index contributed by atoms with van der Waals surface area (Å²) in [5.41, 5.74) is 1.27. The summed E-state index contributed by atoms with van der Waals surface area (Å²) in [6, 6.07) is 19.2. The first-order valence-corrected chi connectivity index (χ1v) is 9.63. The summed E-state index contributed by atoms with van der Waals surface area (Å²) in [5.74, 6) is 1.06. The maximum absolute atomic E-state index is 13.1. The zero-order valence-electron chi connectivity index (χ0n) is 14.4. The van der Waals surface area contributed by atoms with Gasteiger partial charge >= 0.3 is 0 Å². The monoisotopic (exact) mass is 380 g/mol. The summed E-state index contributed by atoms with van der Waals surface area (Å²) in [4.78, 5) is 4.88. The van der Waals surface area contributed by atoms with Gasteiger partial charge in [0, 0.05) is 17.1 Å². The van der Waals surface area contributed by atoms with Crippen LogP contribution < -0.4 is 0 Å². The van der Waals surface area contributed by atoms with E-state index in [-0.39, 0.29) is 4.90 Å². The highest BCUT2D eigenvalue weighted by Crippen LogP contribution is 2.33. The SMILES string of the molecule is CON=Cc1ccc(-c2cn(S(=O)(=O)c3ccccc3)c3ccccc23)o1. The van der Waals surface area contributed by atoms with Gasteiger partial charge in [0.15, 0.2) is 0 Å². The van der Waals surface area contributed by atoms with Crippen molar-refractivity contribution in [3.63, 3.8) is 0 Å². The highest BCUT2D eigenvalue weighted by atomic mass is 32.2. The molecule has 136 valence electrons. The third-order valence-electron chi connectivity index (χ3n) is 4.16. The second-order valence-corrected chi connectivity index (χ2v) is 7.61. The molecule has 0 atom stereocenters. The van der Waals surface area contributed by atoms with Gasteiger partial charge in [0.2, 0.25) is 0 Å². The predicted octanol–water partition coefficient (Wildman–Crippen LogP) is 4.12. The molecule has 0 bridgehead atoms. The molecule has 0 N–H and O–H groups in total. The normalized spacial score (nSPS) is 12.0. The molecule has 0 aliphatic carbocycles. The highest BCUT2D eigenvalue weighted by Gasteiger charge is 2.22. The van der Waals surface area contributed by atoms with Crippen LogP contribution in [0.25, 0.3) is 22.2 Å². The molecule has 2 aromatic heterocycles. The number of para-hydroxylation sites is 1. The maximum atomic E-state index is 13.1. The molecular weight excluding hydrogens is 364 g/mol. The highest BCUT2D eigenvalue weighted by molar-refractivity contribution is 7.90. The van der Waals surface area contributed by atoms with Crippen LogP contribution in [0.15, 0.2) is 87.4 Å². The van der Waals surface area contributed by atoms with E-state index in [2.05, 4.69) is 9.99 Å². The molecule has 0 saturated heterocycles. The summed E-state index contributed by atoms with van der Waals surface area (Å²) in [5, 5.41) is 4.45. The van der Waals surface area contributed by atoms with Crippen molar-refractivity contribution in [2.24, 2.45) is 5.16 Å². The minimum Gasteiger partial charge on any atom is -0.455 e. The zero-order chi connectivity index (χ0) is 18.9. The Hall–Kier alpha value is -3.32. The van der Waals surface area contributed by atoms with Crippen molar-refractivity contribution < 1.29 is 17.7 Å². The lowest BCUT2D eigenvalue weighted by Crippen LogP contribution is -2.11. The number of aromatic nitrogens is 1. The van der Waals surface area contributed by atoms with Gasteiger partial charge in [0.05, 0.1) is 10.4 Å². The average molecular weight is 380 g/mol. The molecule has 0 saturated carbocycles. The van der Waals surface area contributed by atoms with Crippen LogP contribution in [0.3, 0.4) is 0 Å². The van der Waals surface area contributed by atoms with E-state index in [0.29, 0.717) is 22.6 Å². The van der Waals surface area contributed by atoms with Crippen LogP contribution >= 0.6 is 0 Å². The Balaban J connectivity index is 1.90. The largest absolute Gasteiger partial charge is 0.455 e. The summed E-state index contributed by atoms with van der Waals surface area (Å²) >= 11 is 0. The first kappa shape index (κ1) is 17.1. The molecule has 0 amide bonds. The smallest absolute Gasteiger partial charge is 0.268 e.